The molecule has 1 saturated heterocycles. The molecule has 5 nitrogen and oxygen atoms in total. The van der Waals surface area contributed by atoms with E-state index in [4.69, 9.17) is 4.74 Å². The van der Waals surface area contributed by atoms with E-state index in [1.807, 2.05) is 60.7 Å². The molecule has 2 bridgehead atoms. The van der Waals surface area contributed by atoms with Gasteiger partial charge in [0, 0.05) is 0 Å². The minimum atomic E-state index is -0.564. The Morgan fingerprint density at radius 1 is 0.735 bits per heavy atom. The Balaban J connectivity index is 1.22. The van der Waals surface area contributed by atoms with Crippen molar-refractivity contribution in [1.29, 1.82) is 0 Å². The third-order valence-electron chi connectivity index (χ3n) is 7.29. The highest BCUT2D eigenvalue weighted by atomic mass is 16.5. The summed E-state index contributed by atoms with van der Waals surface area (Å²) in [4.78, 5) is 40.6. The molecule has 6 rings (SSSR count). The molecular weight excluding hydrogens is 426 g/mol. The van der Waals surface area contributed by atoms with Gasteiger partial charge in [0.1, 0.15) is 11.7 Å². The fraction of sp³-hybridized carbons (Fsp3) is 0.207. The number of nitrogens with zero attached hydrogens (tertiary/aromatic N) is 1. The smallest absolute Gasteiger partial charge is 0.323 e. The van der Waals surface area contributed by atoms with Gasteiger partial charge in [0.05, 0.1) is 17.5 Å². The molecule has 0 radical (unpaired) electrons. The van der Waals surface area contributed by atoms with Gasteiger partial charge in [-0.1, -0.05) is 72.8 Å². The van der Waals surface area contributed by atoms with Gasteiger partial charge in [0.15, 0.2) is 0 Å². The molecule has 0 spiro atoms. The van der Waals surface area contributed by atoms with E-state index in [2.05, 4.69) is 12.2 Å². The molecule has 1 saturated carbocycles. The number of hydrogen-bond acceptors (Lipinski definition) is 4. The molecule has 5 heteroatoms. The average molecular weight is 450 g/mol. The molecule has 4 atom stereocenters. The van der Waals surface area contributed by atoms with Crippen molar-refractivity contribution in [2.45, 2.75) is 12.3 Å². The van der Waals surface area contributed by atoms with E-state index < -0.39 is 11.9 Å². The molecule has 1 heterocycles. The number of hydrogen-bond donors (Lipinski definition) is 0. The lowest BCUT2D eigenvalue weighted by Crippen LogP contribution is -2.32. The van der Waals surface area contributed by atoms with Crippen molar-refractivity contribution in [2.24, 2.45) is 23.7 Å². The molecule has 0 unspecified atom stereocenters. The van der Waals surface area contributed by atoms with Crippen molar-refractivity contribution in [2.75, 3.05) is 4.90 Å². The quantitative estimate of drug-likeness (QED) is 0.244. The van der Waals surface area contributed by atoms with Gasteiger partial charge in [-0.15, -0.1) is 0 Å². The van der Waals surface area contributed by atoms with Gasteiger partial charge in [-0.25, -0.2) is 0 Å². The van der Waals surface area contributed by atoms with Crippen LogP contribution in [0.15, 0.2) is 97.1 Å². The molecule has 0 N–H and O–H groups in total. The number of amides is 2. The Bertz CT molecular complexity index is 1210. The Hall–Kier alpha value is -3.99. The second-order valence-corrected chi connectivity index (χ2v) is 9.18. The summed E-state index contributed by atoms with van der Waals surface area (Å²) in [5.74, 6) is -0.965. The predicted octanol–water partition coefficient (Wildman–Crippen LogP) is 4.74. The molecule has 3 aromatic carbocycles. The Morgan fingerprint density at radius 3 is 1.74 bits per heavy atom. The van der Waals surface area contributed by atoms with E-state index in [1.165, 1.54) is 4.90 Å². The molecule has 34 heavy (non-hydrogen) atoms. The molecule has 2 fully saturated rings. The topological polar surface area (TPSA) is 63.7 Å². The summed E-state index contributed by atoms with van der Waals surface area (Å²) < 4.78 is 5.74. The number of benzene rings is 3. The summed E-state index contributed by atoms with van der Waals surface area (Å²) in [7, 11) is 0. The first kappa shape index (κ1) is 20.6. The lowest BCUT2D eigenvalue weighted by atomic mass is 9.85. The molecular formula is C29H23NO4. The van der Waals surface area contributed by atoms with Crippen LogP contribution < -0.4 is 9.64 Å². The van der Waals surface area contributed by atoms with E-state index in [0.29, 0.717) is 11.4 Å². The Morgan fingerprint density at radius 2 is 1.24 bits per heavy atom. The van der Waals surface area contributed by atoms with Gasteiger partial charge in [-0.3, -0.25) is 19.3 Å². The van der Waals surface area contributed by atoms with Crippen LogP contribution in [0.1, 0.15) is 23.5 Å². The van der Waals surface area contributed by atoms with E-state index in [0.717, 1.165) is 17.5 Å². The van der Waals surface area contributed by atoms with Crippen LogP contribution in [-0.4, -0.2) is 17.8 Å². The number of imide groups is 1. The van der Waals surface area contributed by atoms with Crippen molar-refractivity contribution < 1.29 is 19.1 Å². The largest absolute Gasteiger partial charge is 0.426 e. The molecule has 168 valence electrons. The third kappa shape index (κ3) is 3.27. The lowest BCUT2D eigenvalue weighted by Gasteiger charge is -2.19. The average Bonchev–Trinajstić information content (AvgIpc) is 3.55. The number of esters is 1. The first-order valence-corrected chi connectivity index (χ1v) is 11.6. The molecule has 2 amide bonds. The molecule has 2 aliphatic carbocycles. The number of allylic oxidation sites excluding steroid dienone is 2. The first-order valence-electron chi connectivity index (χ1n) is 11.6. The Kier molecular flexibility index (Phi) is 4.91. The van der Waals surface area contributed by atoms with Gasteiger partial charge in [0.25, 0.3) is 0 Å². The highest BCUT2D eigenvalue weighted by Crippen LogP contribution is 2.53. The van der Waals surface area contributed by atoms with Gasteiger partial charge < -0.3 is 4.74 Å². The summed E-state index contributed by atoms with van der Waals surface area (Å²) >= 11 is 0. The van der Waals surface area contributed by atoms with Crippen LogP contribution in [0, 0.1) is 23.7 Å². The van der Waals surface area contributed by atoms with E-state index >= 15 is 0 Å². The number of carbonyl (C=O) groups excluding carboxylic acids is 3. The summed E-state index contributed by atoms with van der Waals surface area (Å²) in [6.07, 6.45) is 5.07. The number of ether oxygens (including phenoxy) is 1. The monoisotopic (exact) mass is 449 g/mol. The van der Waals surface area contributed by atoms with Crippen LogP contribution in [-0.2, 0) is 14.4 Å². The molecule has 0 aromatic heterocycles. The number of carbonyl (C=O) groups is 3. The van der Waals surface area contributed by atoms with Crippen LogP contribution >= 0.6 is 0 Å². The van der Waals surface area contributed by atoms with Crippen LogP contribution in [0.25, 0.3) is 0 Å². The molecule has 3 aliphatic rings. The van der Waals surface area contributed by atoms with E-state index in [9.17, 15) is 14.4 Å². The number of rotatable bonds is 5. The zero-order chi connectivity index (χ0) is 23.2. The summed E-state index contributed by atoms with van der Waals surface area (Å²) in [5.41, 5.74) is 2.21. The fourth-order valence-electron chi connectivity index (χ4n) is 5.75. The highest BCUT2D eigenvalue weighted by molar-refractivity contribution is 6.22. The van der Waals surface area contributed by atoms with Crippen molar-refractivity contribution in [3.63, 3.8) is 0 Å². The van der Waals surface area contributed by atoms with E-state index in [1.54, 1.807) is 24.3 Å². The van der Waals surface area contributed by atoms with Crippen molar-refractivity contribution in [1.82, 2.24) is 0 Å². The van der Waals surface area contributed by atoms with E-state index in [-0.39, 0.29) is 35.5 Å². The SMILES string of the molecule is O=C(Oc1ccc(N2C(=O)[C@@H]3[C@@H](C2=O)[C@H]2C=C[C@@H]3C2)cc1)C(c1ccccc1)c1ccccc1. The van der Waals surface area contributed by atoms with Gasteiger partial charge in [0.2, 0.25) is 11.8 Å². The standard InChI is InChI=1S/C29H23NO4/c31-27-25-20-11-12-21(17-20)26(25)28(32)30(27)22-13-15-23(16-14-22)34-29(33)24(18-7-3-1-4-8-18)19-9-5-2-6-10-19/h1-16,20-21,24-26H,17H2/t20-,21+,25-,26-/m0/s1. The number of anilines is 1. The second kappa shape index (κ2) is 8.10. The van der Waals surface area contributed by atoms with Crippen molar-refractivity contribution >= 4 is 23.5 Å². The summed E-state index contributed by atoms with van der Waals surface area (Å²) in [5, 5.41) is 0. The fourth-order valence-corrected chi connectivity index (χ4v) is 5.75. The van der Waals surface area contributed by atoms with Gasteiger partial charge in [-0.2, -0.15) is 0 Å². The van der Waals surface area contributed by atoms with Gasteiger partial charge in [-0.05, 0) is 53.6 Å². The van der Waals surface area contributed by atoms with Crippen LogP contribution in [0.4, 0.5) is 5.69 Å². The minimum absolute atomic E-state index is 0.121. The first-order chi connectivity index (χ1) is 16.6. The third-order valence-corrected chi connectivity index (χ3v) is 7.29. The van der Waals surface area contributed by atoms with Gasteiger partial charge >= 0.3 is 5.97 Å². The van der Waals surface area contributed by atoms with Crippen LogP contribution in [0.3, 0.4) is 0 Å². The van der Waals surface area contributed by atoms with Crippen molar-refractivity contribution in [3.05, 3.63) is 108 Å². The second-order valence-electron chi connectivity index (χ2n) is 9.18. The molecule has 3 aromatic rings. The highest BCUT2D eigenvalue weighted by Gasteiger charge is 2.59. The molecule has 1 aliphatic heterocycles. The number of fused-ring (bicyclic) bond motifs is 5. The predicted molar refractivity (Wildman–Crippen MR) is 127 cm³/mol. The maximum Gasteiger partial charge on any atom is 0.323 e. The lowest BCUT2D eigenvalue weighted by molar-refractivity contribution is -0.135. The summed E-state index contributed by atoms with van der Waals surface area (Å²) in [6.45, 7) is 0. The minimum Gasteiger partial charge on any atom is -0.426 e. The van der Waals surface area contributed by atoms with Crippen LogP contribution in [0.2, 0.25) is 0 Å². The normalized spacial score (nSPS) is 24.7. The van der Waals surface area contributed by atoms with Crippen molar-refractivity contribution in [3.8, 4) is 5.75 Å². The Labute approximate surface area is 197 Å². The maximum atomic E-state index is 13.2. The zero-order valence-corrected chi connectivity index (χ0v) is 18.4. The summed E-state index contributed by atoms with van der Waals surface area (Å²) in [6, 6.07) is 25.7. The maximum absolute atomic E-state index is 13.2. The zero-order valence-electron chi connectivity index (χ0n) is 18.4. The van der Waals surface area contributed by atoms with Crippen LogP contribution in [0.5, 0.6) is 5.75 Å².